The minimum atomic E-state index is -0.839. The molecule has 2 N–H and O–H groups in total. The molecule has 8 nitrogen and oxygen atoms in total. The maximum absolute atomic E-state index is 12.0. The molecule has 0 aliphatic carbocycles. The molecule has 0 aromatic carbocycles. The van der Waals surface area contributed by atoms with Crippen molar-refractivity contribution in [3.05, 3.63) is 12.2 Å². The Morgan fingerprint density at radius 1 is 1.14 bits per heavy atom. The fraction of sp³-hybridized carbons (Fsp3) is 0.571. The van der Waals surface area contributed by atoms with Gasteiger partial charge in [0, 0.05) is 18.7 Å². The lowest BCUT2D eigenvalue weighted by Crippen LogP contribution is -2.51. The zero-order valence-electron chi connectivity index (χ0n) is 12.4. The summed E-state index contributed by atoms with van der Waals surface area (Å²) in [5.74, 6) is -2.56. The van der Waals surface area contributed by atoms with E-state index in [0.29, 0.717) is 13.0 Å². The molecule has 0 spiro atoms. The largest absolute Gasteiger partial charge is 0.463 e. The van der Waals surface area contributed by atoms with E-state index < -0.39 is 36.4 Å². The summed E-state index contributed by atoms with van der Waals surface area (Å²) in [6.07, 6.45) is 3.90. The standard InChI is InChI=1S/C14H20N2O6/c1-2-21-12(18)6-7-13(19)22-9-11(17)16-8-4-3-5-10(16)14(15)20/h6-7,10H,2-5,8-9H2,1H3,(H2,15,20)/b7-6+/t10-/m0/s1. The van der Waals surface area contributed by atoms with Gasteiger partial charge in [-0.1, -0.05) is 0 Å². The van der Waals surface area contributed by atoms with Crippen LogP contribution >= 0.6 is 0 Å². The molecule has 1 fully saturated rings. The van der Waals surface area contributed by atoms with Crippen molar-refractivity contribution < 1.29 is 28.7 Å². The van der Waals surface area contributed by atoms with Crippen molar-refractivity contribution in [2.75, 3.05) is 19.8 Å². The quantitative estimate of drug-likeness (QED) is 0.523. The van der Waals surface area contributed by atoms with Crippen molar-refractivity contribution in [3.63, 3.8) is 0 Å². The van der Waals surface area contributed by atoms with E-state index in [9.17, 15) is 19.2 Å². The maximum Gasteiger partial charge on any atom is 0.331 e. The molecule has 0 saturated carbocycles. The number of carbonyl (C=O) groups is 4. The number of primary amides is 1. The number of nitrogens with two attached hydrogens (primary N) is 1. The average molecular weight is 312 g/mol. The van der Waals surface area contributed by atoms with Crippen LogP contribution in [0.3, 0.4) is 0 Å². The number of hydrogen-bond donors (Lipinski definition) is 1. The number of ether oxygens (including phenoxy) is 2. The monoisotopic (exact) mass is 312 g/mol. The van der Waals surface area contributed by atoms with Gasteiger partial charge < -0.3 is 20.1 Å². The fourth-order valence-corrected chi connectivity index (χ4v) is 2.12. The summed E-state index contributed by atoms with van der Waals surface area (Å²) in [5, 5.41) is 0. The number of hydrogen-bond acceptors (Lipinski definition) is 6. The smallest absolute Gasteiger partial charge is 0.331 e. The minimum absolute atomic E-state index is 0.195. The van der Waals surface area contributed by atoms with Crippen molar-refractivity contribution >= 4 is 23.8 Å². The lowest BCUT2D eigenvalue weighted by Gasteiger charge is -2.33. The van der Waals surface area contributed by atoms with E-state index in [4.69, 9.17) is 10.5 Å². The number of piperidine rings is 1. The molecule has 1 atom stereocenters. The number of rotatable bonds is 6. The predicted octanol–water partition coefficient (Wildman–Crippen LogP) is -0.485. The van der Waals surface area contributed by atoms with Crippen LogP contribution in [0.2, 0.25) is 0 Å². The van der Waals surface area contributed by atoms with Crippen LogP contribution in [0.25, 0.3) is 0 Å². The average Bonchev–Trinajstić information content (AvgIpc) is 2.50. The van der Waals surface area contributed by atoms with Gasteiger partial charge in [-0.15, -0.1) is 0 Å². The Balaban J connectivity index is 2.45. The molecule has 2 amide bonds. The first-order valence-electron chi connectivity index (χ1n) is 7.06. The van der Waals surface area contributed by atoms with Gasteiger partial charge in [-0.25, -0.2) is 9.59 Å². The lowest BCUT2D eigenvalue weighted by atomic mass is 10.0. The predicted molar refractivity (Wildman–Crippen MR) is 75.3 cm³/mol. The molecular formula is C14H20N2O6. The second-order valence-electron chi connectivity index (χ2n) is 4.69. The number of likely N-dealkylation sites (tertiary alicyclic amines) is 1. The molecule has 1 aliphatic rings. The molecule has 1 saturated heterocycles. The first kappa shape index (κ1) is 17.7. The Bertz CT molecular complexity index is 474. The van der Waals surface area contributed by atoms with Crippen LogP contribution in [0, 0.1) is 0 Å². The molecular weight excluding hydrogens is 292 g/mol. The van der Waals surface area contributed by atoms with Gasteiger partial charge >= 0.3 is 11.9 Å². The summed E-state index contributed by atoms with van der Waals surface area (Å²) < 4.78 is 9.33. The highest BCUT2D eigenvalue weighted by Gasteiger charge is 2.30. The molecule has 1 rings (SSSR count). The van der Waals surface area contributed by atoms with E-state index in [-0.39, 0.29) is 6.61 Å². The zero-order valence-corrected chi connectivity index (χ0v) is 12.4. The highest BCUT2D eigenvalue weighted by Crippen LogP contribution is 2.16. The summed E-state index contributed by atoms with van der Waals surface area (Å²) in [4.78, 5) is 47.0. The molecule has 0 radical (unpaired) electrons. The normalized spacial score (nSPS) is 18.0. The number of carbonyl (C=O) groups excluding carboxylic acids is 4. The summed E-state index contributed by atoms with van der Waals surface area (Å²) in [5.41, 5.74) is 5.26. The van der Waals surface area contributed by atoms with E-state index in [0.717, 1.165) is 25.0 Å². The van der Waals surface area contributed by atoms with Gasteiger partial charge in [0.05, 0.1) is 6.61 Å². The Morgan fingerprint density at radius 3 is 2.36 bits per heavy atom. The Kier molecular flexibility index (Phi) is 7.07. The molecule has 1 heterocycles. The third-order valence-electron chi connectivity index (χ3n) is 3.13. The van der Waals surface area contributed by atoms with E-state index in [1.54, 1.807) is 6.92 Å². The minimum Gasteiger partial charge on any atom is -0.463 e. The fourth-order valence-electron chi connectivity index (χ4n) is 2.12. The molecule has 0 unspecified atom stereocenters. The van der Waals surface area contributed by atoms with Gasteiger partial charge in [-0.3, -0.25) is 9.59 Å². The van der Waals surface area contributed by atoms with Crippen LogP contribution in [-0.2, 0) is 28.7 Å². The Morgan fingerprint density at radius 2 is 1.77 bits per heavy atom. The first-order chi connectivity index (χ1) is 10.5. The van der Waals surface area contributed by atoms with Crippen molar-refractivity contribution in [2.24, 2.45) is 5.73 Å². The molecule has 0 aromatic rings. The van der Waals surface area contributed by atoms with Crippen LogP contribution in [0.5, 0.6) is 0 Å². The van der Waals surface area contributed by atoms with Crippen molar-refractivity contribution in [3.8, 4) is 0 Å². The Labute approximate surface area is 128 Å². The van der Waals surface area contributed by atoms with Crippen LogP contribution < -0.4 is 5.73 Å². The summed E-state index contributed by atoms with van der Waals surface area (Å²) in [6.45, 7) is 1.73. The summed E-state index contributed by atoms with van der Waals surface area (Å²) in [7, 11) is 0. The molecule has 1 aliphatic heterocycles. The van der Waals surface area contributed by atoms with Gasteiger partial charge in [0.2, 0.25) is 5.91 Å². The summed E-state index contributed by atoms with van der Waals surface area (Å²) >= 11 is 0. The van der Waals surface area contributed by atoms with E-state index in [1.807, 2.05) is 0 Å². The third-order valence-corrected chi connectivity index (χ3v) is 3.13. The molecule has 22 heavy (non-hydrogen) atoms. The molecule has 122 valence electrons. The van der Waals surface area contributed by atoms with Crippen LogP contribution in [0.4, 0.5) is 0 Å². The number of amides is 2. The van der Waals surface area contributed by atoms with Gasteiger partial charge in [0.15, 0.2) is 6.61 Å². The molecule has 8 heteroatoms. The second kappa shape index (κ2) is 8.81. The van der Waals surface area contributed by atoms with Crippen molar-refractivity contribution in [2.45, 2.75) is 32.2 Å². The first-order valence-corrected chi connectivity index (χ1v) is 7.06. The van der Waals surface area contributed by atoms with Gasteiger partial charge in [-0.05, 0) is 26.2 Å². The number of nitrogens with zero attached hydrogens (tertiary/aromatic N) is 1. The van der Waals surface area contributed by atoms with Crippen LogP contribution in [0.1, 0.15) is 26.2 Å². The highest BCUT2D eigenvalue weighted by molar-refractivity contribution is 5.93. The van der Waals surface area contributed by atoms with Gasteiger partial charge in [0.25, 0.3) is 5.91 Å². The highest BCUT2D eigenvalue weighted by atomic mass is 16.5. The van der Waals surface area contributed by atoms with Crippen molar-refractivity contribution in [1.29, 1.82) is 0 Å². The third kappa shape index (κ3) is 5.55. The lowest BCUT2D eigenvalue weighted by molar-refractivity contribution is -0.151. The van der Waals surface area contributed by atoms with Gasteiger partial charge in [-0.2, -0.15) is 0 Å². The second-order valence-corrected chi connectivity index (χ2v) is 4.69. The van der Waals surface area contributed by atoms with Crippen LogP contribution in [-0.4, -0.2) is 54.5 Å². The van der Waals surface area contributed by atoms with Crippen molar-refractivity contribution in [1.82, 2.24) is 4.90 Å². The maximum atomic E-state index is 12.0. The zero-order chi connectivity index (χ0) is 16.5. The van der Waals surface area contributed by atoms with E-state index in [1.165, 1.54) is 4.90 Å². The molecule has 0 bridgehead atoms. The van der Waals surface area contributed by atoms with E-state index in [2.05, 4.69) is 4.74 Å². The summed E-state index contributed by atoms with van der Waals surface area (Å²) in [6, 6.07) is -0.657. The van der Waals surface area contributed by atoms with Crippen LogP contribution in [0.15, 0.2) is 12.2 Å². The SMILES string of the molecule is CCOC(=O)/C=C/C(=O)OCC(=O)N1CCCC[C@H]1C(N)=O. The van der Waals surface area contributed by atoms with E-state index >= 15 is 0 Å². The van der Waals surface area contributed by atoms with Gasteiger partial charge in [0.1, 0.15) is 6.04 Å². The number of esters is 2. The topological polar surface area (TPSA) is 116 Å². The Hall–Kier alpha value is -2.38. The molecule has 0 aromatic heterocycles.